The van der Waals surface area contributed by atoms with Crippen LogP contribution < -0.4 is 5.73 Å². The topological polar surface area (TPSA) is 47.1 Å². The summed E-state index contributed by atoms with van der Waals surface area (Å²) in [4.78, 5) is 6.45. The van der Waals surface area contributed by atoms with Crippen molar-refractivity contribution >= 4 is 0 Å². The van der Waals surface area contributed by atoms with E-state index in [0.717, 1.165) is 18.9 Å². The Morgan fingerprint density at radius 2 is 2.36 bits per heavy atom. The summed E-state index contributed by atoms with van der Waals surface area (Å²) in [6.07, 6.45) is 7.82. The molecule has 1 rings (SSSR count). The van der Waals surface area contributed by atoms with Crippen molar-refractivity contribution in [1.29, 1.82) is 0 Å². The summed E-state index contributed by atoms with van der Waals surface area (Å²) in [6, 6.07) is 0. The molecule has 0 saturated heterocycles. The molecule has 0 spiro atoms. The summed E-state index contributed by atoms with van der Waals surface area (Å²) in [5, 5.41) is 0. The number of aromatic nitrogens is 2. The minimum absolute atomic E-state index is 0.607. The molecule has 0 unspecified atom stereocenters. The average Bonchev–Trinajstić information content (AvgIpc) is 2.52. The Morgan fingerprint density at radius 3 is 2.93 bits per heavy atom. The smallest absolute Gasteiger partial charge is 0.122 e. The van der Waals surface area contributed by atoms with E-state index in [9.17, 15) is 0 Å². The van der Waals surface area contributed by atoms with Gasteiger partial charge in [-0.05, 0) is 7.05 Å². The lowest BCUT2D eigenvalue weighted by molar-refractivity contribution is 0.348. The van der Waals surface area contributed by atoms with Crippen LogP contribution in [0.1, 0.15) is 5.82 Å². The van der Waals surface area contributed by atoms with Gasteiger partial charge in [-0.3, -0.25) is 4.90 Å². The minimum atomic E-state index is 0.607. The Labute approximate surface area is 85.0 Å². The zero-order valence-corrected chi connectivity index (χ0v) is 8.85. The van der Waals surface area contributed by atoms with Gasteiger partial charge in [0.1, 0.15) is 5.82 Å². The van der Waals surface area contributed by atoms with Gasteiger partial charge in [0.15, 0.2) is 0 Å². The highest BCUT2D eigenvalue weighted by Gasteiger charge is 2.01. The van der Waals surface area contributed by atoms with E-state index in [-0.39, 0.29) is 0 Å². The second kappa shape index (κ2) is 5.57. The first-order valence-electron chi connectivity index (χ1n) is 4.74. The van der Waals surface area contributed by atoms with Crippen LogP contribution in [-0.2, 0) is 13.6 Å². The standard InChI is InChI=1S/C10H18N4/c1-13(7-4-3-5-11)9-10-12-6-8-14(10)2/h3-4,6,8H,5,7,9,11H2,1-2H3. The zero-order chi connectivity index (χ0) is 10.4. The van der Waals surface area contributed by atoms with Gasteiger partial charge in [-0.1, -0.05) is 12.2 Å². The van der Waals surface area contributed by atoms with Gasteiger partial charge in [0.25, 0.3) is 0 Å². The fourth-order valence-electron chi connectivity index (χ4n) is 1.21. The first kappa shape index (κ1) is 10.9. The van der Waals surface area contributed by atoms with Crippen molar-refractivity contribution in [2.75, 3.05) is 20.1 Å². The molecule has 0 aliphatic carbocycles. The minimum Gasteiger partial charge on any atom is -0.337 e. The maximum atomic E-state index is 5.35. The van der Waals surface area contributed by atoms with Crippen LogP contribution in [0.2, 0.25) is 0 Å². The summed E-state index contributed by atoms with van der Waals surface area (Å²) in [5.41, 5.74) is 5.35. The Kier molecular flexibility index (Phi) is 4.35. The number of aryl methyl sites for hydroxylation is 1. The maximum Gasteiger partial charge on any atom is 0.122 e. The summed E-state index contributed by atoms with van der Waals surface area (Å²) >= 11 is 0. The van der Waals surface area contributed by atoms with E-state index in [1.54, 1.807) is 0 Å². The molecule has 0 atom stereocenters. The molecule has 0 aliphatic rings. The Morgan fingerprint density at radius 1 is 1.57 bits per heavy atom. The third-order valence-corrected chi connectivity index (χ3v) is 2.05. The van der Waals surface area contributed by atoms with E-state index in [2.05, 4.69) is 23.0 Å². The fourth-order valence-corrected chi connectivity index (χ4v) is 1.21. The Balaban J connectivity index is 2.37. The SMILES string of the molecule is CN(CC=CCN)Cc1nccn1C. The molecule has 0 aliphatic heterocycles. The summed E-state index contributed by atoms with van der Waals surface area (Å²) in [7, 11) is 4.07. The maximum absolute atomic E-state index is 5.35. The molecule has 2 N–H and O–H groups in total. The highest BCUT2D eigenvalue weighted by molar-refractivity contribution is 4.92. The summed E-state index contributed by atoms with van der Waals surface area (Å²) < 4.78 is 2.03. The van der Waals surface area contributed by atoms with E-state index >= 15 is 0 Å². The number of rotatable bonds is 5. The molecule has 78 valence electrons. The Bertz CT molecular complexity index is 290. The highest BCUT2D eigenvalue weighted by atomic mass is 15.1. The molecular formula is C10H18N4. The molecule has 0 amide bonds. The van der Waals surface area contributed by atoms with Gasteiger partial charge in [0.05, 0.1) is 6.54 Å². The third-order valence-electron chi connectivity index (χ3n) is 2.05. The van der Waals surface area contributed by atoms with Crippen molar-refractivity contribution in [3.05, 3.63) is 30.4 Å². The number of nitrogens with zero attached hydrogens (tertiary/aromatic N) is 3. The first-order valence-corrected chi connectivity index (χ1v) is 4.74. The van der Waals surface area contributed by atoms with E-state index in [4.69, 9.17) is 5.73 Å². The van der Waals surface area contributed by atoms with E-state index in [0.29, 0.717) is 6.54 Å². The molecular weight excluding hydrogens is 176 g/mol. The zero-order valence-electron chi connectivity index (χ0n) is 8.85. The number of nitrogens with two attached hydrogens (primary N) is 1. The number of hydrogen-bond donors (Lipinski definition) is 1. The van der Waals surface area contributed by atoms with Crippen molar-refractivity contribution in [2.45, 2.75) is 6.54 Å². The van der Waals surface area contributed by atoms with Gasteiger partial charge in [0, 0.05) is 32.5 Å². The third kappa shape index (κ3) is 3.32. The van der Waals surface area contributed by atoms with Crippen LogP contribution in [0, 0.1) is 0 Å². The van der Waals surface area contributed by atoms with Gasteiger partial charge in [-0.15, -0.1) is 0 Å². The van der Waals surface area contributed by atoms with E-state index in [1.165, 1.54) is 0 Å². The molecule has 4 heteroatoms. The Hall–Kier alpha value is -1.13. The molecule has 14 heavy (non-hydrogen) atoms. The summed E-state index contributed by atoms with van der Waals surface area (Å²) in [6.45, 7) is 2.37. The van der Waals surface area contributed by atoms with Crippen molar-refractivity contribution in [3.8, 4) is 0 Å². The van der Waals surface area contributed by atoms with Crippen molar-refractivity contribution in [1.82, 2.24) is 14.5 Å². The highest BCUT2D eigenvalue weighted by Crippen LogP contribution is 1.98. The van der Waals surface area contributed by atoms with Crippen LogP contribution in [0.4, 0.5) is 0 Å². The number of imidazole rings is 1. The number of hydrogen-bond acceptors (Lipinski definition) is 3. The quantitative estimate of drug-likeness (QED) is 0.689. The van der Waals surface area contributed by atoms with Crippen molar-refractivity contribution < 1.29 is 0 Å². The van der Waals surface area contributed by atoms with Crippen LogP contribution in [0.5, 0.6) is 0 Å². The fraction of sp³-hybridized carbons (Fsp3) is 0.500. The van der Waals surface area contributed by atoms with Crippen molar-refractivity contribution in [2.24, 2.45) is 12.8 Å². The molecule has 1 aromatic rings. The normalized spacial score (nSPS) is 11.7. The monoisotopic (exact) mass is 194 g/mol. The van der Waals surface area contributed by atoms with Gasteiger partial charge in [0.2, 0.25) is 0 Å². The van der Waals surface area contributed by atoms with Crippen LogP contribution in [0.3, 0.4) is 0 Å². The van der Waals surface area contributed by atoms with Crippen LogP contribution in [0.15, 0.2) is 24.5 Å². The van der Waals surface area contributed by atoms with E-state index in [1.807, 2.05) is 30.1 Å². The molecule has 1 aromatic heterocycles. The molecule has 0 fully saturated rings. The lowest BCUT2D eigenvalue weighted by Gasteiger charge is -2.13. The summed E-state index contributed by atoms with van der Waals surface area (Å²) in [5.74, 6) is 1.08. The lowest BCUT2D eigenvalue weighted by atomic mass is 10.4. The van der Waals surface area contributed by atoms with Gasteiger partial charge < -0.3 is 10.3 Å². The largest absolute Gasteiger partial charge is 0.337 e. The van der Waals surface area contributed by atoms with Gasteiger partial charge >= 0.3 is 0 Å². The molecule has 0 aromatic carbocycles. The second-order valence-electron chi connectivity index (χ2n) is 3.36. The lowest BCUT2D eigenvalue weighted by Crippen LogP contribution is -2.20. The molecule has 0 saturated carbocycles. The second-order valence-corrected chi connectivity index (χ2v) is 3.36. The first-order chi connectivity index (χ1) is 6.74. The van der Waals surface area contributed by atoms with Gasteiger partial charge in [-0.2, -0.15) is 0 Å². The van der Waals surface area contributed by atoms with Crippen LogP contribution in [0.25, 0.3) is 0 Å². The van der Waals surface area contributed by atoms with Crippen LogP contribution in [-0.4, -0.2) is 34.6 Å². The van der Waals surface area contributed by atoms with Gasteiger partial charge in [-0.25, -0.2) is 4.98 Å². The predicted molar refractivity (Wildman–Crippen MR) is 57.7 cm³/mol. The molecule has 1 heterocycles. The molecule has 4 nitrogen and oxygen atoms in total. The molecule has 0 bridgehead atoms. The van der Waals surface area contributed by atoms with E-state index < -0.39 is 0 Å². The number of likely N-dealkylation sites (N-methyl/N-ethyl adjacent to an activating group) is 1. The molecule has 0 radical (unpaired) electrons. The average molecular weight is 194 g/mol. The van der Waals surface area contributed by atoms with Crippen molar-refractivity contribution in [3.63, 3.8) is 0 Å². The van der Waals surface area contributed by atoms with Crippen LogP contribution >= 0.6 is 0 Å². The predicted octanol–water partition coefficient (Wildman–Crippen LogP) is 0.367.